The number of ether oxygens (including phenoxy) is 8. The molecular formula is C102H92N18O14. The van der Waals surface area contributed by atoms with E-state index >= 15 is 0 Å². The van der Waals surface area contributed by atoms with E-state index in [2.05, 4.69) is 87.1 Å². The number of nitrogens with one attached hydrogen (secondary N) is 8. The summed E-state index contributed by atoms with van der Waals surface area (Å²) in [4.78, 5) is 55.1. The highest BCUT2D eigenvalue weighted by atomic mass is 16.5. The lowest BCUT2D eigenvalue weighted by atomic mass is 10.1. The number of nitrogens with zero attached hydrogens (tertiary/aromatic N) is 9. The minimum Gasteiger partial charge on any atom is -0.497 e. The molecule has 0 bridgehead atoms. The maximum atomic E-state index is 12.6. The summed E-state index contributed by atoms with van der Waals surface area (Å²) in [7, 11) is 11.3. The van der Waals surface area contributed by atoms with Crippen molar-refractivity contribution < 1.29 is 57.0 Å². The van der Waals surface area contributed by atoms with Crippen molar-refractivity contribution in [1.29, 1.82) is 0 Å². The third-order valence-electron chi connectivity index (χ3n) is 21.1. The lowest BCUT2D eigenvalue weighted by Gasteiger charge is -2.10. The van der Waals surface area contributed by atoms with Gasteiger partial charge in [0.25, 0.3) is 11.5 Å². The van der Waals surface area contributed by atoms with E-state index < -0.39 is 11.7 Å². The van der Waals surface area contributed by atoms with Crippen molar-refractivity contribution in [3.8, 4) is 125 Å². The summed E-state index contributed by atoms with van der Waals surface area (Å²) >= 11 is 0. The van der Waals surface area contributed by atoms with Crippen molar-refractivity contribution in [2.45, 2.75) is 26.2 Å². The number of hydrogen-bond acceptors (Lipinski definition) is 21. The average molecular weight is 1790 g/mol. The van der Waals surface area contributed by atoms with E-state index in [9.17, 15) is 19.2 Å². The van der Waals surface area contributed by atoms with Gasteiger partial charge in [-0.25, -0.2) is 14.6 Å². The number of hydrogen-bond donors (Lipinski definition) is 10. The number of H-pyrrole nitrogens is 7. The van der Waals surface area contributed by atoms with Gasteiger partial charge in [0, 0.05) is 80.5 Å². The molecule has 11 aromatic carbocycles. The monoisotopic (exact) mass is 1790 g/mol. The number of aromatic nitrogens is 16. The maximum absolute atomic E-state index is 12.6. The molecule has 11 N–H and O–H groups in total. The normalized spacial score (nSPS) is 10.7. The highest BCUT2D eigenvalue weighted by molar-refractivity contribution is 6.03. The second-order valence-corrected chi connectivity index (χ2v) is 29.6. The number of anilines is 1. The van der Waals surface area contributed by atoms with Gasteiger partial charge in [0.15, 0.2) is 0 Å². The van der Waals surface area contributed by atoms with Crippen molar-refractivity contribution in [3.05, 3.63) is 371 Å². The number of imidazole rings is 1. The molecule has 0 spiro atoms. The molecule has 0 unspecified atom stereocenters. The SMILES string of the molecule is COc1cc(OCc2ccccc2)ccc1-c1cc(CN)[nH]n1.COc1cc2occc2cc1-c1cc(-c2ccccc2)n[nH]1.COc1cccc(NC(=O)c2cc(-c3ccccc3OC)n[nH]2)c1.COc1ccccc1-c1cc(C(=O)O)[nH]n1.COc1ccccc1-c1cc(Cn2c(=O)[nH]c3ccccc3c2=O)[nH]n1.COc1ccccc1-c1cc(Cn2cnc3ccccc32)[nH]n1. The highest BCUT2D eigenvalue weighted by Gasteiger charge is 2.21. The number of rotatable bonds is 25. The van der Waals surface area contributed by atoms with Crippen LogP contribution < -0.4 is 60.2 Å². The summed E-state index contributed by atoms with van der Waals surface area (Å²) in [6, 6.07) is 95.1. The molecule has 0 atom stereocenters. The van der Waals surface area contributed by atoms with Gasteiger partial charge in [-0.2, -0.15) is 30.6 Å². The van der Waals surface area contributed by atoms with Crippen molar-refractivity contribution >= 4 is 50.5 Å². The van der Waals surface area contributed by atoms with E-state index in [0.717, 1.165) is 122 Å². The number of carbonyl (C=O) groups is 2. The van der Waals surface area contributed by atoms with Gasteiger partial charge in [0.05, 0.1) is 149 Å². The Bertz CT molecular complexity index is 7470. The Morgan fingerprint density at radius 1 is 0.425 bits per heavy atom. The molecule has 0 fully saturated rings. The zero-order valence-electron chi connectivity index (χ0n) is 73.7. The summed E-state index contributed by atoms with van der Waals surface area (Å²) < 4.78 is 51.8. The number of furan rings is 1. The maximum Gasteiger partial charge on any atom is 0.353 e. The molecule has 9 heterocycles. The van der Waals surface area contributed by atoms with Crippen LogP contribution in [0.4, 0.5) is 5.69 Å². The molecule has 20 aromatic rings. The van der Waals surface area contributed by atoms with Gasteiger partial charge in [-0.05, 0) is 151 Å². The van der Waals surface area contributed by atoms with Gasteiger partial charge in [0.2, 0.25) is 0 Å². The van der Waals surface area contributed by atoms with Crippen LogP contribution in [0.3, 0.4) is 0 Å². The lowest BCUT2D eigenvalue weighted by Crippen LogP contribution is -2.35. The minimum absolute atomic E-state index is 0.0564. The largest absolute Gasteiger partial charge is 0.497 e. The summed E-state index contributed by atoms with van der Waals surface area (Å²) in [5, 5.41) is 55.8. The van der Waals surface area contributed by atoms with Crippen molar-refractivity contribution in [3.63, 3.8) is 0 Å². The van der Waals surface area contributed by atoms with Crippen molar-refractivity contribution in [2.75, 3.05) is 55.1 Å². The fourth-order valence-corrected chi connectivity index (χ4v) is 14.4. The van der Waals surface area contributed by atoms with Crippen LogP contribution in [0, 0.1) is 0 Å². The number of benzene rings is 11. The van der Waals surface area contributed by atoms with Gasteiger partial charge in [-0.1, -0.05) is 140 Å². The number of fused-ring (bicyclic) bond motifs is 3. The smallest absolute Gasteiger partial charge is 0.353 e. The van der Waals surface area contributed by atoms with Crippen LogP contribution in [-0.4, -0.2) is 147 Å². The molecular weight excluding hydrogens is 1700 g/mol. The number of carboxylic acid groups (broad SMARTS) is 1. The van der Waals surface area contributed by atoms with E-state index in [1.54, 1.807) is 111 Å². The molecule has 32 heteroatoms. The Morgan fingerprint density at radius 2 is 0.933 bits per heavy atom. The third kappa shape index (κ3) is 22.0. The van der Waals surface area contributed by atoms with Gasteiger partial charge in [0.1, 0.15) is 69.6 Å². The molecule has 0 aliphatic rings. The number of aromatic carboxylic acids is 1. The number of carbonyl (C=O) groups excluding carboxylic acids is 1. The van der Waals surface area contributed by atoms with Gasteiger partial charge in [-0.3, -0.25) is 44.7 Å². The topological polar surface area (TPSA) is 424 Å². The second-order valence-electron chi connectivity index (χ2n) is 29.6. The van der Waals surface area contributed by atoms with Crippen LogP contribution in [0.1, 0.15) is 43.6 Å². The molecule has 9 aromatic heterocycles. The van der Waals surface area contributed by atoms with Gasteiger partial charge >= 0.3 is 11.7 Å². The molecule has 32 nitrogen and oxygen atoms in total. The van der Waals surface area contributed by atoms with Crippen molar-refractivity contribution in [2.24, 2.45) is 5.73 Å². The number of nitrogens with two attached hydrogens (primary N) is 1. The first kappa shape index (κ1) is 90.7. The van der Waals surface area contributed by atoms with Crippen LogP contribution in [0.25, 0.3) is 112 Å². The molecule has 1 amide bonds. The van der Waals surface area contributed by atoms with E-state index in [-0.39, 0.29) is 23.7 Å². The highest BCUT2D eigenvalue weighted by Crippen LogP contribution is 2.38. The first-order valence-electron chi connectivity index (χ1n) is 41.9. The minimum atomic E-state index is -1.03. The molecule has 0 aliphatic heterocycles. The van der Waals surface area contributed by atoms with E-state index in [1.807, 2.05) is 243 Å². The van der Waals surface area contributed by atoms with E-state index in [1.165, 1.54) is 6.07 Å². The number of amides is 1. The number of carboxylic acids is 1. The first-order valence-corrected chi connectivity index (χ1v) is 41.9. The van der Waals surface area contributed by atoms with Crippen molar-refractivity contribution in [1.82, 2.24) is 80.3 Å². The fraction of sp³-hybridized carbons (Fsp3) is 0.108. The van der Waals surface area contributed by atoms with Crippen LogP contribution in [0.5, 0.6) is 46.0 Å². The number of methoxy groups -OCH3 is 7. The number of para-hydroxylation sites is 7. The Labute approximate surface area is 766 Å². The molecule has 20 rings (SSSR count). The van der Waals surface area contributed by atoms with Gasteiger partial charge < -0.3 is 68.0 Å². The number of aromatic amines is 7. The average Bonchev–Trinajstić information content (AvgIpc) is 1.11. The summed E-state index contributed by atoms with van der Waals surface area (Å²) in [6.45, 7) is 1.74. The Balaban J connectivity index is 0.000000123. The zero-order valence-corrected chi connectivity index (χ0v) is 73.7. The summed E-state index contributed by atoms with van der Waals surface area (Å²) in [5.74, 6) is 4.46. The van der Waals surface area contributed by atoms with E-state index in [0.29, 0.717) is 93.5 Å². The summed E-state index contributed by atoms with van der Waals surface area (Å²) in [6.07, 6.45) is 3.53. The zero-order chi connectivity index (χ0) is 93.2. The first-order chi connectivity index (χ1) is 65.6. The fourth-order valence-electron chi connectivity index (χ4n) is 14.4. The lowest BCUT2D eigenvalue weighted by molar-refractivity contribution is 0.0690. The predicted molar refractivity (Wildman–Crippen MR) is 512 cm³/mol. The standard InChI is InChI=1S/C19H16N4O3.C18H16N4O.C18H17N3O3.C18H19N3O2.C18H14N2O2.C11H10N2O3/c1-26-17-9-5-3-6-13(17)16-10-12(21-22-16)11-23-18(24)14-7-2-4-8-15(14)20-19(23)25;1-23-18-9-5-2-6-14(18)16-10-13(20-21-16)11-22-12-19-15-7-3-4-8-17(15)22;1-23-13-7-5-6-12(10-13)19-18(22)16-11-15(20-21-16)14-8-3-4-9-17(14)24-2;1-22-18-10-15(23-12-13-5-3-2-4-6-13)7-8-16(18)17-9-14(11-19)20-21-17;1-21-18-11-17-13(7-8-22-17)9-14(18)16-10-15(19-20-16)12-5-3-2-4-6-12;1-16-10-5-3-2-4-7(10)8-6-9(11(14)15)13-12-8/h2-10H,11H2,1H3,(H,20,25)(H,21,22);2-10,12H,11H2,1H3,(H,20,21);3-11H,1-2H3,(H,19,22)(H,20,21);2-10H,11-12,19H2,1H3,(H,20,21);2-11H,1H3,(H,19,20);2-6H,1H3,(H,12,13)(H,14,15). The Kier molecular flexibility index (Phi) is 29.5. The molecule has 134 heavy (non-hydrogen) atoms. The quantitative estimate of drug-likeness (QED) is 0.0254. The van der Waals surface area contributed by atoms with Crippen LogP contribution in [0.2, 0.25) is 0 Å². The Morgan fingerprint density at radius 3 is 1.52 bits per heavy atom. The molecule has 0 radical (unpaired) electrons. The van der Waals surface area contributed by atoms with E-state index in [4.69, 9.17) is 53.2 Å². The Hall–Kier alpha value is -18.1. The second kappa shape index (κ2) is 43.6. The van der Waals surface area contributed by atoms with Gasteiger partial charge in [-0.15, -0.1) is 0 Å². The van der Waals surface area contributed by atoms with Crippen LogP contribution in [0.15, 0.2) is 330 Å². The predicted octanol–water partition coefficient (Wildman–Crippen LogP) is 18.4. The van der Waals surface area contributed by atoms with Crippen LogP contribution in [-0.2, 0) is 26.2 Å². The molecule has 0 aliphatic carbocycles. The van der Waals surface area contributed by atoms with Crippen LogP contribution >= 0.6 is 0 Å². The molecule has 0 saturated carbocycles. The molecule has 674 valence electrons. The third-order valence-corrected chi connectivity index (χ3v) is 21.1. The summed E-state index contributed by atoms with van der Waals surface area (Å²) in [5.41, 5.74) is 24.7. The molecule has 0 saturated heterocycles.